The fourth-order valence-electron chi connectivity index (χ4n) is 1.77. The van der Waals surface area contributed by atoms with Crippen LogP contribution in [0.15, 0.2) is 4.52 Å². The number of nitrogens with zero attached hydrogens (tertiary/aromatic N) is 1. The van der Waals surface area contributed by atoms with Crippen LogP contribution in [0.4, 0.5) is 0 Å². The number of halogens is 1. The van der Waals surface area contributed by atoms with Gasteiger partial charge in [0.15, 0.2) is 0 Å². The monoisotopic (exact) mass is 202 g/mol. The van der Waals surface area contributed by atoms with Gasteiger partial charge >= 0.3 is 0 Å². The summed E-state index contributed by atoms with van der Waals surface area (Å²) in [5, 5.41) is 4.00. The number of hydrogen-bond donors (Lipinski definition) is 1. The van der Waals surface area contributed by atoms with Gasteiger partial charge in [0.05, 0.1) is 0 Å². The highest BCUT2D eigenvalue weighted by Gasteiger charge is 2.20. The van der Waals surface area contributed by atoms with Crippen LogP contribution in [0.25, 0.3) is 0 Å². The molecule has 0 saturated heterocycles. The van der Waals surface area contributed by atoms with Gasteiger partial charge in [-0.2, -0.15) is 0 Å². The molecule has 1 aromatic rings. The average molecular weight is 203 g/mol. The van der Waals surface area contributed by atoms with E-state index >= 15 is 0 Å². The maximum Gasteiger partial charge on any atom is 0.140 e. The van der Waals surface area contributed by atoms with E-state index < -0.39 is 0 Å². The lowest BCUT2D eigenvalue weighted by molar-refractivity contribution is 0.366. The summed E-state index contributed by atoms with van der Waals surface area (Å²) >= 11 is 0. The molecule has 0 bridgehead atoms. The highest BCUT2D eigenvalue weighted by Crippen LogP contribution is 2.26. The molecule has 1 aliphatic rings. The van der Waals surface area contributed by atoms with Crippen LogP contribution in [0.3, 0.4) is 0 Å². The molecule has 1 heterocycles. The Bertz CT molecular complexity index is 283. The number of nitrogens with two attached hydrogens (primary N) is 1. The molecule has 1 unspecified atom stereocenters. The number of hydrogen-bond acceptors (Lipinski definition) is 3. The molecule has 74 valence electrons. The second-order valence-electron chi connectivity index (χ2n) is 3.47. The topological polar surface area (TPSA) is 52.0 Å². The van der Waals surface area contributed by atoms with E-state index in [9.17, 15) is 0 Å². The molecule has 0 radical (unpaired) electrons. The summed E-state index contributed by atoms with van der Waals surface area (Å²) in [5.74, 6) is 1.06. The SMILES string of the molecule is CC(N)c1noc2c1CCCC2.Cl. The zero-order valence-corrected chi connectivity index (χ0v) is 8.56. The summed E-state index contributed by atoms with van der Waals surface area (Å²) in [5.41, 5.74) is 8.00. The fourth-order valence-corrected chi connectivity index (χ4v) is 1.77. The third-order valence-corrected chi connectivity index (χ3v) is 2.41. The Morgan fingerprint density at radius 3 is 2.77 bits per heavy atom. The molecule has 4 heteroatoms. The Morgan fingerprint density at radius 2 is 2.08 bits per heavy atom. The Balaban J connectivity index is 0.000000845. The van der Waals surface area contributed by atoms with E-state index in [1.807, 2.05) is 6.92 Å². The molecule has 1 atom stereocenters. The maximum absolute atomic E-state index is 5.76. The lowest BCUT2D eigenvalue weighted by Crippen LogP contribution is -2.10. The molecule has 0 aromatic carbocycles. The molecule has 0 spiro atoms. The van der Waals surface area contributed by atoms with E-state index in [2.05, 4.69) is 5.16 Å². The van der Waals surface area contributed by atoms with E-state index in [1.165, 1.54) is 18.4 Å². The molecule has 0 aliphatic heterocycles. The minimum absolute atomic E-state index is 0. The minimum atomic E-state index is 0. The van der Waals surface area contributed by atoms with Crippen molar-refractivity contribution in [3.05, 3.63) is 17.0 Å². The van der Waals surface area contributed by atoms with Gasteiger partial charge in [-0.25, -0.2) is 0 Å². The third kappa shape index (κ3) is 1.86. The minimum Gasteiger partial charge on any atom is -0.361 e. The van der Waals surface area contributed by atoms with Crippen molar-refractivity contribution in [2.24, 2.45) is 5.73 Å². The van der Waals surface area contributed by atoms with E-state index in [0.717, 1.165) is 24.3 Å². The normalized spacial score (nSPS) is 17.4. The quantitative estimate of drug-likeness (QED) is 0.758. The van der Waals surface area contributed by atoms with Crippen molar-refractivity contribution in [2.75, 3.05) is 0 Å². The Morgan fingerprint density at radius 1 is 1.38 bits per heavy atom. The van der Waals surface area contributed by atoms with E-state index in [1.54, 1.807) is 0 Å². The van der Waals surface area contributed by atoms with Crippen LogP contribution in [0.5, 0.6) is 0 Å². The Kier molecular flexibility index (Phi) is 3.33. The predicted molar refractivity (Wildman–Crippen MR) is 53.0 cm³/mol. The second-order valence-corrected chi connectivity index (χ2v) is 3.47. The standard InChI is InChI=1S/C9H14N2O.ClH/c1-6(10)9-7-4-2-3-5-8(7)12-11-9;/h6H,2-5,10H2,1H3;1H. The first-order valence-corrected chi connectivity index (χ1v) is 4.52. The summed E-state index contributed by atoms with van der Waals surface area (Å²) < 4.78 is 5.22. The summed E-state index contributed by atoms with van der Waals surface area (Å²) in [6.45, 7) is 1.95. The number of rotatable bonds is 1. The van der Waals surface area contributed by atoms with Gasteiger partial charge in [-0.15, -0.1) is 12.4 Å². The second kappa shape index (κ2) is 4.11. The maximum atomic E-state index is 5.76. The molecule has 0 saturated carbocycles. The van der Waals surface area contributed by atoms with Crippen molar-refractivity contribution in [3.8, 4) is 0 Å². The molecule has 1 aromatic heterocycles. The number of aryl methyl sites for hydroxylation is 1. The number of aromatic nitrogens is 1. The van der Waals surface area contributed by atoms with Gasteiger partial charge in [0.2, 0.25) is 0 Å². The van der Waals surface area contributed by atoms with Gasteiger partial charge in [0.25, 0.3) is 0 Å². The molecule has 2 rings (SSSR count). The molecule has 3 nitrogen and oxygen atoms in total. The third-order valence-electron chi connectivity index (χ3n) is 2.41. The van der Waals surface area contributed by atoms with Gasteiger partial charge in [-0.05, 0) is 26.2 Å². The van der Waals surface area contributed by atoms with Crippen LogP contribution < -0.4 is 5.73 Å². The first-order valence-electron chi connectivity index (χ1n) is 4.52. The molecule has 0 amide bonds. The lowest BCUT2D eigenvalue weighted by atomic mass is 9.95. The summed E-state index contributed by atoms with van der Waals surface area (Å²) in [6.07, 6.45) is 4.60. The highest BCUT2D eigenvalue weighted by molar-refractivity contribution is 5.85. The summed E-state index contributed by atoms with van der Waals surface area (Å²) in [6, 6.07) is 0.00981. The van der Waals surface area contributed by atoms with Crippen molar-refractivity contribution < 1.29 is 4.52 Å². The zero-order chi connectivity index (χ0) is 8.55. The van der Waals surface area contributed by atoms with Crippen molar-refractivity contribution in [1.29, 1.82) is 0 Å². The van der Waals surface area contributed by atoms with Crippen LogP contribution in [0.1, 0.15) is 42.8 Å². The molecule has 13 heavy (non-hydrogen) atoms. The van der Waals surface area contributed by atoms with Gasteiger partial charge in [0, 0.05) is 18.0 Å². The van der Waals surface area contributed by atoms with Gasteiger partial charge in [0.1, 0.15) is 11.5 Å². The number of fused-ring (bicyclic) bond motifs is 1. The van der Waals surface area contributed by atoms with Crippen LogP contribution >= 0.6 is 12.4 Å². The molecule has 2 N–H and O–H groups in total. The summed E-state index contributed by atoms with van der Waals surface area (Å²) in [4.78, 5) is 0. The first-order chi connectivity index (χ1) is 5.79. The van der Waals surface area contributed by atoms with Crippen molar-refractivity contribution in [2.45, 2.75) is 38.6 Å². The van der Waals surface area contributed by atoms with Crippen LogP contribution in [-0.4, -0.2) is 5.16 Å². The Hall–Kier alpha value is -0.540. The molecule has 1 aliphatic carbocycles. The van der Waals surface area contributed by atoms with Gasteiger partial charge < -0.3 is 10.3 Å². The molecular weight excluding hydrogens is 188 g/mol. The van der Waals surface area contributed by atoms with E-state index in [-0.39, 0.29) is 18.4 Å². The van der Waals surface area contributed by atoms with Crippen molar-refractivity contribution in [3.63, 3.8) is 0 Å². The molecular formula is C9H15ClN2O. The fraction of sp³-hybridized carbons (Fsp3) is 0.667. The average Bonchev–Trinajstić information content (AvgIpc) is 2.47. The van der Waals surface area contributed by atoms with E-state index in [0.29, 0.717) is 0 Å². The largest absolute Gasteiger partial charge is 0.361 e. The lowest BCUT2D eigenvalue weighted by Gasteiger charge is -2.10. The zero-order valence-electron chi connectivity index (χ0n) is 7.75. The highest BCUT2D eigenvalue weighted by atomic mass is 35.5. The van der Waals surface area contributed by atoms with E-state index in [4.69, 9.17) is 10.3 Å². The Labute approximate surface area is 84.1 Å². The van der Waals surface area contributed by atoms with Crippen LogP contribution in [-0.2, 0) is 12.8 Å². The van der Waals surface area contributed by atoms with Crippen LogP contribution in [0.2, 0.25) is 0 Å². The molecule has 0 fully saturated rings. The van der Waals surface area contributed by atoms with Crippen molar-refractivity contribution >= 4 is 12.4 Å². The van der Waals surface area contributed by atoms with Gasteiger partial charge in [-0.1, -0.05) is 5.16 Å². The predicted octanol–water partition coefficient (Wildman–Crippen LogP) is 1.99. The van der Waals surface area contributed by atoms with Gasteiger partial charge in [-0.3, -0.25) is 0 Å². The first kappa shape index (κ1) is 10.5. The smallest absolute Gasteiger partial charge is 0.140 e. The summed E-state index contributed by atoms with van der Waals surface area (Å²) in [7, 11) is 0. The van der Waals surface area contributed by atoms with Crippen LogP contribution in [0, 0.1) is 0 Å². The van der Waals surface area contributed by atoms with Crippen molar-refractivity contribution in [1.82, 2.24) is 5.16 Å².